The smallest absolute Gasteiger partial charge is 0.272 e. The van der Waals surface area contributed by atoms with E-state index in [1.807, 2.05) is 56.6 Å². The summed E-state index contributed by atoms with van der Waals surface area (Å²) in [5, 5.41) is 10.9. The van der Waals surface area contributed by atoms with Crippen LogP contribution in [0.3, 0.4) is 0 Å². The van der Waals surface area contributed by atoms with Crippen LogP contribution in [0.25, 0.3) is 10.9 Å². The Labute approximate surface area is 135 Å². The minimum Gasteiger partial charge on any atom is -0.349 e. The normalized spacial score (nSPS) is 12.5. The molecule has 23 heavy (non-hydrogen) atoms. The zero-order valence-corrected chi connectivity index (χ0v) is 13.3. The van der Waals surface area contributed by atoms with Crippen LogP contribution in [0.4, 0.5) is 0 Å². The summed E-state index contributed by atoms with van der Waals surface area (Å²) in [5.74, 6) is -0.162. The first-order valence-corrected chi connectivity index (χ1v) is 7.59. The molecule has 3 rings (SSSR count). The lowest BCUT2D eigenvalue weighted by molar-refractivity contribution is 0.0938. The minimum absolute atomic E-state index is 0.116. The van der Waals surface area contributed by atoms with Crippen molar-refractivity contribution in [2.75, 3.05) is 20.6 Å². The van der Waals surface area contributed by atoms with E-state index in [1.54, 1.807) is 0 Å². The van der Waals surface area contributed by atoms with E-state index in [0.29, 0.717) is 12.2 Å². The van der Waals surface area contributed by atoms with Crippen molar-refractivity contribution in [3.8, 4) is 0 Å². The molecule has 3 aromatic rings. The van der Waals surface area contributed by atoms with Crippen LogP contribution in [0.2, 0.25) is 0 Å². The number of aromatic nitrogens is 2. The SMILES string of the molecule is CN(C)C(CNC(=O)c1n[nH]c2ccccc12)c1ccccc1. The van der Waals surface area contributed by atoms with Gasteiger partial charge in [0.2, 0.25) is 0 Å². The van der Waals surface area contributed by atoms with E-state index in [4.69, 9.17) is 0 Å². The first kappa shape index (κ1) is 15.2. The van der Waals surface area contributed by atoms with Crippen molar-refractivity contribution in [1.29, 1.82) is 0 Å². The van der Waals surface area contributed by atoms with Crippen LogP contribution < -0.4 is 5.32 Å². The Balaban J connectivity index is 1.75. The molecule has 1 unspecified atom stereocenters. The maximum absolute atomic E-state index is 12.5. The number of fused-ring (bicyclic) bond motifs is 1. The van der Waals surface area contributed by atoms with Crippen LogP contribution in [0.1, 0.15) is 22.1 Å². The molecule has 0 saturated carbocycles. The highest BCUT2D eigenvalue weighted by Crippen LogP contribution is 2.18. The third-order valence-electron chi connectivity index (χ3n) is 3.95. The average molecular weight is 308 g/mol. The predicted molar refractivity (Wildman–Crippen MR) is 91.3 cm³/mol. The van der Waals surface area contributed by atoms with Gasteiger partial charge in [0.15, 0.2) is 5.69 Å². The van der Waals surface area contributed by atoms with Crippen molar-refractivity contribution in [2.45, 2.75) is 6.04 Å². The fourth-order valence-electron chi connectivity index (χ4n) is 2.68. The van der Waals surface area contributed by atoms with E-state index in [0.717, 1.165) is 10.9 Å². The summed E-state index contributed by atoms with van der Waals surface area (Å²) in [7, 11) is 4.02. The Hall–Kier alpha value is -2.66. The van der Waals surface area contributed by atoms with Crippen LogP contribution in [0.5, 0.6) is 0 Å². The van der Waals surface area contributed by atoms with Crippen molar-refractivity contribution in [2.24, 2.45) is 0 Å². The molecule has 0 aliphatic rings. The molecule has 118 valence electrons. The lowest BCUT2D eigenvalue weighted by Gasteiger charge is -2.25. The first-order chi connectivity index (χ1) is 11.2. The molecule has 0 spiro atoms. The molecule has 0 bridgehead atoms. The second-order valence-electron chi connectivity index (χ2n) is 5.72. The number of H-pyrrole nitrogens is 1. The maximum atomic E-state index is 12.5. The number of nitrogens with zero attached hydrogens (tertiary/aromatic N) is 2. The number of para-hydroxylation sites is 1. The van der Waals surface area contributed by atoms with E-state index in [2.05, 4.69) is 32.5 Å². The molecule has 1 amide bonds. The van der Waals surface area contributed by atoms with Crippen LogP contribution >= 0.6 is 0 Å². The quantitative estimate of drug-likeness (QED) is 0.761. The molecule has 1 aromatic heterocycles. The third-order valence-corrected chi connectivity index (χ3v) is 3.95. The summed E-state index contributed by atoms with van der Waals surface area (Å²) in [5.41, 5.74) is 2.47. The van der Waals surface area contributed by atoms with Crippen molar-refractivity contribution >= 4 is 16.8 Å². The van der Waals surface area contributed by atoms with Crippen molar-refractivity contribution < 1.29 is 4.79 Å². The summed E-state index contributed by atoms with van der Waals surface area (Å²) in [4.78, 5) is 14.6. The Bertz CT molecular complexity index is 795. The van der Waals surface area contributed by atoms with Gasteiger partial charge in [0.05, 0.1) is 11.6 Å². The zero-order valence-electron chi connectivity index (χ0n) is 13.3. The first-order valence-electron chi connectivity index (χ1n) is 7.59. The maximum Gasteiger partial charge on any atom is 0.272 e. The van der Waals surface area contributed by atoms with Gasteiger partial charge in [0, 0.05) is 11.9 Å². The Kier molecular flexibility index (Phi) is 4.39. The average Bonchev–Trinajstić information content (AvgIpc) is 2.99. The highest BCUT2D eigenvalue weighted by molar-refractivity contribution is 6.04. The summed E-state index contributed by atoms with van der Waals surface area (Å²) in [6.45, 7) is 0.525. The Morgan fingerprint density at radius 1 is 1.13 bits per heavy atom. The fourth-order valence-corrected chi connectivity index (χ4v) is 2.68. The minimum atomic E-state index is -0.162. The molecular formula is C18H20N4O. The molecule has 5 heteroatoms. The highest BCUT2D eigenvalue weighted by Gasteiger charge is 2.18. The molecule has 2 N–H and O–H groups in total. The summed E-state index contributed by atoms with van der Waals surface area (Å²) in [6, 6.07) is 17.9. The summed E-state index contributed by atoms with van der Waals surface area (Å²) >= 11 is 0. The number of amides is 1. The molecule has 5 nitrogen and oxygen atoms in total. The van der Waals surface area contributed by atoms with E-state index in [9.17, 15) is 4.79 Å². The third kappa shape index (κ3) is 3.24. The number of hydrogen-bond donors (Lipinski definition) is 2. The van der Waals surface area contributed by atoms with Gasteiger partial charge in [0.25, 0.3) is 5.91 Å². The Morgan fingerprint density at radius 3 is 2.57 bits per heavy atom. The van der Waals surface area contributed by atoms with Gasteiger partial charge in [-0.1, -0.05) is 48.5 Å². The lowest BCUT2D eigenvalue weighted by Crippen LogP contribution is -2.34. The monoisotopic (exact) mass is 308 g/mol. The predicted octanol–water partition coefficient (Wildman–Crippen LogP) is 2.60. The van der Waals surface area contributed by atoms with Crippen LogP contribution in [-0.4, -0.2) is 41.6 Å². The summed E-state index contributed by atoms with van der Waals surface area (Å²) < 4.78 is 0. The topological polar surface area (TPSA) is 61.0 Å². The van der Waals surface area contributed by atoms with Crippen LogP contribution in [0.15, 0.2) is 54.6 Å². The van der Waals surface area contributed by atoms with Gasteiger partial charge in [-0.05, 0) is 25.7 Å². The molecule has 0 aliphatic carbocycles. The molecule has 0 fully saturated rings. The van der Waals surface area contributed by atoms with E-state index >= 15 is 0 Å². The van der Waals surface area contributed by atoms with E-state index in [1.165, 1.54) is 5.56 Å². The van der Waals surface area contributed by atoms with E-state index < -0.39 is 0 Å². The standard InChI is InChI=1S/C18H20N4O/c1-22(2)16(13-8-4-3-5-9-13)12-19-18(23)17-14-10-6-7-11-15(14)20-21-17/h3-11,16H,12H2,1-2H3,(H,19,23)(H,20,21). The number of hydrogen-bond acceptors (Lipinski definition) is 3. The van der Waals surface area contributed by atoms with E-state index in [-0.39, 0.29) is 11.9 Å². The number of carbonyl (C=O) groups is 1. The molecular weight excluding hydrogens is 288 g/mol. The fraction of sp³-hybridized carbons (Fsp3) is 0.222. The molecule has 0 aliphatic heterocycles. The van der Waals surface area contributed by atoms with Crippen molar-refractivity contribution in [1.82, 2.24) is 20.4 Å². The van der Waals surface area contributed by atoms with Gasteiger partial charge in [-0.3, -0.25) is 9.89 Å². The molecule has 2 aromatic carbocycles. The van der Waals surface area contributed by atoms with Crippen LogP contribution in [-0.2, 0) is 0 Å². The number of carbonyl (C=O) groups excluding carboxylic acids is 1. The number of likely N-dealkylation sites (N-methyl/N-ethyl adjacent to an activating group) is 1. The zero-order chi connectivity index (χ0) is 16.2. The van der Waals surface area contributed by atoms with Gasteiger partial charge < -0.3 is 10.2 Å². The molecule has 0 saturated heterocycles. The van der Waals surface area contributed by atoms with Gasteiger partial charge in [0.1, 0.15) is 0 Å². The number of aromatic amines is 1. The molecule has 0 radical (unpaired) electrons. The number of benzene rings is 2. The van der Waals surface area contributed by atoms with Crippen molar-refractivity contribution in [3.05, 3.63) is 65.9 Å². The van der Waals surface area contributed by atoms with Gasteiger partial charge in [-0.2, -0.15) is 5.10 Å². The number of nitrogens with one attached hydrogen (secondary N) is 2. The highest BCUT2D eigenvalue weighted by atomic mass is 16.1. The van der Waals surface area contributed by atoms with Gasteiger partial charge in [-0.15, -0.1) is 0 Å². The van der Waals surface area contributed by atoms with Crippen molar-refractivity contribution in [3.63, 3.8) is 0 Å². The molecule has 1 heterocycles. The lowest BCUT2D eigenvalue weighted by atomic mass is 10.1. The largest absolute Gasteiger partial charge is 0.349 e. The van der Waals surface area contributed by atoms with Gasteiger partial charge >= 0.3 is 0 Å². The Morgan fingerprint density at radius 2 is 1.83 bits per heavy atom. The van der Waals surface area contributed by atoms with Gasteiger partial charge in [-0.25, -0.2) is 0 Å². The summed E-state index contributed by atoms with van der Waals surface area (Å²) in [6.07, 6.45) is 0. The van der Waals surface area contributed by atoms with Crippen LogP contribution in [0, 0.1) is 0 Å². The molecule has 1 atom stereocenters. The number of rotatable bonds is 5. The second kappa shape index (κ2) is 6.62. The second-order valence-corrected chi connectivity index (χ2v) is 5.72.